The number of carbonyl (C=O) groups is 1. The predicted molar refractivity (Wildman–Crippen MR) is 89.3 cm³/mol. The number of aromatic nitrogens is 1. The Morgan fingerprint density at radius 1 is 1.39 bits per heavy atom. The van der Waals surface area contributed by atoms with Gasteiger partial charge in [-0.05, 0) is 31.9 Å². The summed E-state index contributed by atoms with van der Waals surface area (Å²) in [6, 6.07) is 4.62. The maximum atomic E-state index is 12.3. The summed E-state index contributed by atoms with van der Waals surface area (Å²) in [7, 11) is 0. The van der Waals surface area contributed by atoms with Crippen LogP contribution in [0.1, 0.15) is 28.1 Å². The minimum atomic E-state index is -0.433. The molecule has 2 aromatic rings. The number of benzene rings is 1. The Morgan fingerprint density at radius 2 is 2.13 bits per heavy atom. The fourth-order valence-corrected chi connectivity index (χ4v) is 3.28. The third-order valence-electron chi connectivity index (χ3n) is 3.72. The Kier molecular flexibility index (Phi) is 4.24. The second-order valence-corrected chi connectivity index (χ2v) is 6.62. The van der Waals surface area contributed by atoms with Gasteiger partial charge in [-0.3, -0.25) is 20.2 Å². The molecule has 23 heavy (non-hydrogen) atoms. The van der Waals surface area contributed by atoms with E-state index < -0.39 is 10.8 Å². The number of nitro benzene ring substituents is 1. The zero-order valence-corrected chi connectivity index (χ0v) is 13.4. The van der Waals surface area contributed by atoms with E-state index in [1.54, 1.807) is 18.3 Å². The van der Waals surface area contributed by atoms with Crippen molar-refractivity contribution < 1.29 is 9.72 Å². The molecule has 0 unspecified atom stereocenters. The lowest BCUT2D eigenvalue weighted by molar-refractivity contribution is -0.384. The fourth-order valence-electron chi connectivity index (χ4n) is 2.62. The molecule has 1 aromatic carbocycles. The molecule has 0 spiro atoms. The molecule has 0 aliphatic carbocycles. The average molecular weight is 332 g/mol. The van der Waals surface area contributed by atoms with Crippen molar-refractivity contribution in [3.63, 3.8) is 0 Å². The molecule has 0 atom stereocenters. The summed E-state index contributed by atoms with van der Waals surface area (Å²) >= 11 is 1.36. The van der Waals surface area contributed by atoms with Crippen LogP contribution in [0.2, 0.25) is 0 Å². The maximum absolute atomic E-state index is 12.3. The van der Waals surface area contributed by atoms with Crippen LogP contribution in [0.25, 0.3) is 0 Å². The van der Waals surface area contributed by atoms with E-state index >= 15 is 0 Å². The normalized spacial score (nSPS) is 14.0. The lowest BCUT2D eigenvalue weighted by Crippen LogP contribution is -2.19. The summed E-state index contributed by atoms with van der Waals surface area (Å²) in [4.78, 5) is 30.2. The molecule has 2 heterocycles. The van der Waals surface area contributed by atoms with Crippen molar-refractivity contribution >= 4 is 33.8 Å². The Labute approximate surface area is 137 Å². The van der Waals surface area contributed by atoms with Crippen LogP contribution in [0.4, 0.5) is 16.5 Å². The molecule has 1 aromatic heterocycles. The minimum Gasteiger partial charge on any atom is -0.366 e. The molecule has 0 saturated carbocycles. The smallest absolute Gasteiger partial charge is 0.293 e. The summed E-state index contributed by atoms with van der Waals surface area (Å²) < 4.78 is 0. The van der Waals surface area contributed by atoms with Crippen LogP contribution in [-0.2, 0) is 0 Å². The molecule has 7 nitrogen and oxygen atoms in total. The van der Waals surface area contributed by atoms with Crippen LogP contribution in [0.5, 0.6) is 0 Å². The number of amides is 1. The van der Waals surface area contributed by atoms with E-state index in [2.05, 4.69) is 10.3 Å². The van der Waals surface area contributed by atoms with Gasteiger partial charge >= 0.3 is 0 Å². The Hall–Kier alpha value is -2.48. The van der Waals surface area contributed by atoms with Crippen molar-refractivity contribution in [3.05, 3.63) is 45.0 Å². The van der Waals surface area contributed by atoms with Gasteiger partial charge in [-0.15, -0.1) is 11.3 Å². The molecule has 1 aliphatic heterocycles. The van der Waals surface area contributed by atoms with Gasteiger partial charge < -0.3 is 4.90 Å². The molecule has 0 bridgehead atoms. The minimum absolute atomic E-state index is 0.0325. The van der Waals surface area contributed by atoms with Crippen molar-refractivity contribution in [2.24, 2.45) is 0 Å². The molecule has 8 heteroatoms. The largest absolute Gasteiger partial charge is 0.366 e. The van der Waals surface area contributed by atoms with E-state index in [4.69, 9.17) is 0 Å². The van der Waals surface area contributed by atoms with Crippen molar-refractivity contribution in [3.8, 4) is 0 Å². The van der Waals surface area contributed by atoms with Crippen LogP contribution in [0, 0.1) is 17.0 Å². The molecule has 3 rings (SSSR count). The maximum Gasteiger partial charge on any atom is 0.293 e. The lowest BCUT2D eigenvalue weighted by atomic mass is 10.1. The number of rotatable bonds is 4. The molecular formula is C15H16N4O3S. The highest BCUT2D eigenvalue weighted by atomic mass is 32.1. The van der Waals surface area contributed by atoms with E-state index in [-0.39, 0.29) is 11.3 Å². The number of hydrogen-bond donors (Lipinski definition) is 1. The lowest BCUT2D eigenvalue weighted by Gasteiger charge is -2.17. The standard InChI is InChI=1S/C15H16N4O3S/c1-10-9-16-15(23-10)17-14(20)11-4-5-12(13(8-11)19(21)22)18-6-2-3-7-18/h4-5,8-9H,2-3,6-7H2,1H3,(H,16,17,20). The molecule has 0 radical (unpaired) electrons. The first-order valence-electron chi connectivity index (χ1n) is 7.32. The number of anilines is 2. The van der Waals surface area contributed by atoms with E-state index in [1.165, 1.54) is 17.4 Å². The second-order valence-electron chi connectivity index (χ2n) is 5.38. The fraction of sp³-hybridized carbons (Fsp3) is 0.333. The van der Waals surface area contributed by atoms with Gasteiger partial charge in [0, 0.05) is 35.8 Å². The van der Waals surface area contributed by atoms with Gasteiger partial charge in [0.25, 0.3) is 11.6 Å². The molecule has 120 valence electrons. The van der Waals surface area contributed by atoms with Gasteiger partial charge in [0.05, 0.1) is 4.92 Å². The quantitative estimate of drug-likeness (QED) is 0.686. The highest BCUT2D eigenvalue weighted by Gasteiger charge is 2.24. The Morgan fingerprint density at radius 3 is 2.74 bits per heavy atom. The van der Waals surface area contributed by atoms with Crippen molar-refractivity contribution in [1.82, 2.24) is 4.98 Å². The number of carbonyl (C=O) groups excluding carboxylic acids is 1. The van der Waals surface area contributed by atoms with Gasteiger partial charge in [-0.2, -0.15) is 0 Å². The third kappa shape index (κ3) is 3.31. The monoisotopic (exact) mass is 332 g/mol. The van der Waals surface area contributed by atoms with Crippen molar-refractivity contribution in [2.75, 3.05) is 23.3 Å². The number of hydrogen-bond acceptors (Lipinski definition) is 6. The first kappa shape index (κ1) is 15.4. The topological polar surface area (TPSA) is 88.4 Å². The van der Waals surface area contributed by atoms with Gasteiger partial charge in [0.2, 0.25) is 0 Å². The second kappa shape index (κ2) is 6.33. The highest BCUT2D eigenvalue weighted by molar-refractivity contribution is 7.15. The molecule has 1 N–H and O–H groups in total. The van der Waals surface area contributed by atoms with E-state index in [0.29, 0.717) is 10.8 Å². The van der Waals surface area contributed by atoms with Crippen LogP contribution in [0.3, 0.4) is 0 Å². The van der Waals surface area contributed by atoms with Gasteiger partial charge in [-0.1, -0.05) is 0 Å². The molecule has 1 aliphatic rings. The first-order valence-corrected chi connectivity index (χ1v) is 8.13. The van der Waals surface area contributed by atoms with Crippen LogP contribution in [0.15, 0.2) is 24.4 Å². The SMILES string of the molecule is Cc1cnc(NC(=O)c2ccc(N3CCCC3)c([N+](=O)[O-])c2)s1. The van der Waals surface area contributed by atoms with Gasteiger partial charge in [-0.25, -0.2) is 4.98 Å². The predicted octanol–water partition coefficient (Wildman–Crippen LogP) is 3.21. The Balaban J connectivity index is 1.86. The number of nitro groups is 1. The average Bonchev–Trinajstić information content (AvgIpc) is 3.18. The van der Waals surface area contributed by atoms with E-state index in [1.807, 2.05) is 11.8 Å². The highest BCUT2D eigenvalue weighted by Crippen LogP contribution is 2.32. The number of thiazole rings is 1. The number of nitrogens with zero attached hydrogens (tertiary/aromatic N) is 3. The molecule has 1 fully saturated rings. The third-order valence-corrected chi connectivity index (χ3v) is 4.55. The Bertz CT molecular complexity index is 753. The van der Waals surface area contributed by atoms with Crippen molar-refractivity contribution in [1.29, 1.82) is 0 Å². The van der Waals surface area contributed by atoms with Crippen LogP contribution in [-0.4, -0.2) is 28.9 Å². The summed E-state index contributed by atoms with van der Waals surface area (Å²) in [6.07, 6.45) is 3.73. The summed E-state index contributed by atoms with van der Waals surface area (Å²) in [5, 5.41) is 14.5. The molecule has 1 saturated heterocycles. The summed E-state index contributed by atoms with van der Waals surface area (Å²) in [5.74, 6) is -0.393. The van der Waals surface area contributed by atoms with E-state index in [0.717, 1.165) is 30.8 Å². The van der Waals surface area contributed by atoms with Gasteiger partial charge in [0.15, 0.2) is 5.13 Å². The van der Waals surface area contributed by atoms with Crippen molar-refractivity contribution in [2.45, 2.75) is 19.8 Å². The van der Waals surface area contributed by atoms with E-state index in [9.17, 15) is 14.9 Å². The summed E-state index contributed by atoms with van der Waals surface area (Å²) in [6.45, 7) is 3.51. The molecular weight excluding hydrogens is 316 g/mol. The number of aryl methyl sites for hydroxylation is 1. The van der Waals surface area contributed by atoms with Gasteiger partial charge in [0.1, 0.15) is 5.69 Å². The number of nitrogens with one attached hydrogen (secondary N) is 1. The zero-order valence-electron chi connectivity index (χ0n) is 12.6. The summed E-state index contributed by atoms with van der Waals surface area (Å²) in [5.41, 5.74) is 0.802. The van der Waals surface area contributed by atoms with Crippen LogP contribution >= 0.6 is 11.3 Å². The molecule has 1 amide bonds. The van der Waals surface area contributed by atoms with Crippen LogP contribution < -0.4 is 10.2 Å². The first-order chi connectivity index (χ1) is 11.0. The zero-order chi connectivity index (χ0) is 16.4.